The fourth-order valence-electron chi connectivity index (χ4n) is 2.17. The maximum Gasteiger partial charge on any atom is 0.214 e. The maximum absolute atomic E-state index is 12.2. The third kappa shape index (κ3) is 3.54. The van der Waals surface area contributed by atoms with Crippen molar-refractivity contribution in [3.63, 3.8) is 0 Å². The van der Waals surface area contributed by atoms with Crippen molar-refractivity contribution in [3.8, 4) is 0 Å². The van der Waals surface area contributed by atoms with Gasteiger partial charge in [0.2, 0.25) is 10.0 Å². The van der Waals surface area contributed by atoms with Gasteiger partial charge in [-0.15, -0.1) is 0 Å². The number of benzene rings is 1. The van der Waals surface area contributed by atoms with E-state index in [-0.39, 0.29) is 11.8 Å². The van der Waals surface area contributed by atoms with Crippen LogP contribution in [0.15, 0.2) is 30.3 Å². The first-order chi connectivity index (χ1) is 8.58. The van der Waals surface area contributed by atoms with E-state index in [1.165, 1.54) is 0 Å². The molecule has 2 rings (SSSR count). The van der Waals surface area contributed by atoms with Crippen molar-refractivity contribution in [1.29, 1.82) is 0 Å². The normalized spacial score (nSPS) is 18.9. The summed E-state index contributed by atoms with van der Waals surface area (Å²) in [5.41, 5.74) is 6.85. The van der Waals surface area contributed by atoms with Crippen molar-refractivity contribution in [2.75, 3.05) is 18.8 Å². The van der Waals surface area contributed by atoms with Gasteiger partial charge in [-0.3, -0.25) is 0 Å². The lowest BCUT2D eigenvalue weighted by atomic mass is 10.1. The highest BCUT2D eigenvalue weighted by atomic mass is 32.2. The van der Waals surface area contributed by atoms with Crippen LogP contribution < -0.4 is 5.73 Å². The van der Waals surface area contributed by atoms with Gasteiger partial charge in [-0.2, -0.15) is 0 Å². The highest BCUT2D eigenvalue weighted by Crippen LogP contribution is 2.14. The molecule has 1 aliphatic heterocycles. The molecule has 2 N–H and O–H groups in total. The van der Waals surface area contributed by atoms with Gasteiger partial charge in [-0.05, 0) is 24.8 Å². The van der Waals surface area contributed by atoms with Crippen molar-refractivity contribution in [2.45, 2.75) is 25.3 Å². The molecule has 0 unspecified atom stereocenters. The molecule has 18 heavy (non-hydrogen) atoms. The second-order valence-corrected chi connectivity index (χ2v) is 6.88. The van der Waals surface area contributed by atoms with Crippen LogP contribution in [-0.4, -0.2) is 37.6 Å². The lowest BCUT2D eigenvalue weighted by Gasteiger charge is -2.29. The highest BCUT2D eigenvalue weighted by Gasteiger charge is 2.26. The van der Waals surface area contributed by atoms with Crippen molar-refractivity contribution >= 4 is 10.0 Å². The fourth-order valence-corrected chi connectivity index (χ4v) is 3.69. The van der Waals surface area contributed by atoms with Gasteiger partial charge in [0.15, 0.2) is 0 Å². The van der Waals surface area contributed by atoms with Crippen molar-refractivity contribution < 1.29 is 8.42 Å². The summed E-state index contributed by atoms with van der Waals surface area (Å²) in [5.74, 6) is 0.187. The predicted molar refractivity (Wildman–Crippen MR) is 72.7 cm³/mol. The van der Waals surface area contributed by atoms with Crippen LogP contribution in [0.3, 0.4) is 0 Å². The molecular formula is C13H20N2O2S. The Hall–Kier alpha value is -0.910. The van der Waals surface area contributed by atoms with Gasteiger partial charge >= 0.3 is 0 Å². The summed E-state index contributed by atoms with van der Waals surface area (Å²) >= 11 is 0. The number of rotatable bonds is 4. The monoisotopic (exact) mass is 268 g/mol. The number of hydrogen-bond donors (Lipinski definition) is 1. The van der Waals surface area contributed by atoms with E-state index in [9.17, 15) is 8.42 Å². The van der Waals surface area contributed by atoms with Crippen LogP contribution >= 0.6 is 0 Å². The Morgan fingerprint density at radius 2 is 1.78 bits per heavy atom. The van der Waals surface area contributed by atoms with Crippen LogP contribution in [0.4, 0.5) is 0 Å². The summed E-state index contributed by atoms with van der Waals surface area (Å²) in [6.07, 6.45) is 2.11. The molecule has 0 bridgehead atoms. The number of sulfonamides is 1. The molecule has 4 nitrogen and oxygen atoms in total. The number of nitrogens with zero attached hydrogens (tertiary/aromatic N) is 1. The zero-order chi connectivity index (χ0) is 13.0. The third-order valence-corrected chi connectivity index (χ3v) is 5.26. The van der Waals surface area contributed by atoms with E-state index in [0.717, 1.165) is 18.4 Å². The van der Waals surface area contributed by atoms with Crippen molar-refractivity contribution in [3.05, 3.63) is 35.9 Å². The molecule has 0 aromatic heterocycles. The Labute approximate surface area is 109 Å². The van der Waals surface area contributed by atoms with Crippen LogP contribution in [0.1, 0.15) is 18.4 Å². The van der Waals surface area contributed by atoms with Crippen molar-refractivity contribution in [1.82, 2.24) is 4.31 Å². The summed E-state index contributed by atoms with van der Waals surface area (Å²) in [7, 11) is -3.13. The van der Waals surface area contributed by atoms with Gasteiger partial charge in [0.25, 0.3) is 0 Å². The third-order valence-electron chi connectivity index (χ3n) is 3.38. The Bertz CT molecular complexity index is 465. The van der Waals surface area contributed by atoms with E-state index in [0.29, 0.717) is 19.5 Å². The molecule has 5 heteroatoms. The van der Waals surface area contributed by atoms with Crippen LogP contribution in [0.25, 0.3) is 0 Å². The van der Waals surface area contributed by atoms with Crippen LogP contribution in [0.5, 0.6) is 0 Å². The molecule has 0 saturated carbocycles. The Morgan fingerprint density at radius 3 is 2.39 bits per heavy atom. The molecule has 1 heterocycles. The van der Waals surface area contributed by atoms with E-state index >= 15 is 0 Å². The summed E-state index contributed by atoms with van der Waals surface area (Å²) < 4.78 is 25.9. The van der Waals surface area contributed by atoms with Gasteiger partial charge in [0.05, 0.1) is 5.75 Å². The minimum Gasteiger partial charge on any atom is -0.328 e. The zero-order valence-electron chi connectivity index (χ0n) is 10.5. The molecular weight excluding hydrogens is 248 g/mol. The van der Waals surface area contributed by atoms with Gasteiger partial charge in [0, 0.05) is 19.1 Å². The predicted octanol–water partition coefficient (Wildman–Crippen LogP) is 0.982. The van der Waals surface area contributed by atoms with Gasteiger partial charge in [-0.25, -0.2) is 12.7 Å². The molecule has 0 spiro atoms. The molecule has 1 aliphatic rings. The summed E-state index contributed by atoms with van der Waals surface area (Å²) in [5, 5.41) is 0. The zero-order valence-corrected chi connectivity index (χ0v) is 11.3. The number of aryl methyl sites for hydroxylation is 1. The summed E-state index contributed by atoms with van der Waals surface area (Å²) in [6, 6.07) is 9.88. The minimum atomic E-state index is -3.13. The van der Waals surface area contributed by atoms with E-state index < -0.39 is 10.0 Å². The average Bonchev–Trinajstić information content (AvgIpc) is 2.38. The van der Waals surface area contributed by atoms with Crippen LogP contribution in [0.2, 0.25) is 0 Å². The molecule has 1 fully saturated rings. The number of nitrogens with two attached hydrogens (primary N) is 1. The average molecular weight is 268 g/mol. The van der Waals surface area contributed by atoms with Gasteiger partial charge in [-0.1, -0.05) is 30.3 Å². The lowest BCUT2D eigenvalue weighted by Crippen LogP contribution is -2.43. The van der Waals surface area contributed by atoms with Crippen LogP contribution in [0, 0.1) is 0 Å². The maximum atomic E-state index is 12.2. The molecule has 1 aromatic carbocycles. The molecule has 100 valence electrons. The van der Waals surface area contributed by atoms with E-state index in [2.05, 4.69) is 0 Å². The lowest BCUT2D eigenvalue weighted by molar-refractivity contribution is 0.320. The number of hydrogen-bond acceptors (Lipinski definition) is 3. The Balaban J connectivity index is 1.91. The molecule has 1 saturated heterocycles. The quantitative estimate of drug-likeness (QED) is 0.885. The topological polar surface area (TPSA) is 63.4 Å². The van der Waals surface area contributed by atoms with E-state index in [1.807, 2.05) is 30.3 Å². The minimum absolute atomic E-state index is 0.158. The Morgan fingerprint density at radius 1 is 1.17 bits per heavy atom. The van der Waals surface area contributed by atoms with E-state index in [4.69, 9.17) is 5.73 Å². The number of piperidine rings is 1. The second kappa shape index (κ2) is 5.82. The molecule has 1 aromatic rings. The Kier molecular flexibility index (Phi) is 4.37. The molecule has 0 amide bonds. The molecule has 0 radical (unpaired) electrons. The highest BCUT2D eigenvalue weighted by molar-refractivity contribution is 7.89. The smallest absolute Gasteiger partial charge is 0.214 e. The first-order valence-electron chi connectivity index (χ1n) is 6.35. The largest absolute Gasteiger partial charge is 0.328 e. The SMILES string of the molecule is NC1CCN(S(=O)(=O)CCc2ccccc2)CC1. The molecule has 0 aliphatic carbocycles. The fraction of sp³-hybridized carbons (Fsp3) is 0.538. The molecule has 0 atom stereocenters. The van der Waals surface area contributed by atoms with Crippen molar-refractivity contribution in [2.24, 2.45) is 5.73 Å². The summed E-state index contributed by atoms with van der Waals surface area (Å²) in [4.78, 5) is 0. The summed E-state index contributed by atoms with van der Waals surface area (Å²) in [6.45, 7) is 1.14. The first-order valence-corrected chi connectivity index (χ1v) is 7.96. The van der Waals surface area contributed by atoms with Crippen LogP contribution in [-0.2, 0) is 16.4 Å². The van der Waals surface area contributed by atoms with Gasteiger partial charge in [0.1, 0.15) is 0 Å². The van der Waals surface area contributed by atoms with Gasteiger partial charge < -0.3 is 5.73 Å². The standard InChI is InChI=1S/C13H20N2O2S/c14-13-6-9-15(10-7-13)18(16,17)11-8-12-4-2-1-3-5-12/h1-5,13H,6-11,14H2. The van der Waals surface area contributed by atoms with E-state index in [1.54, 1.807) is 4.31 Å². The second-order valence-electron chi connectivity index (χ2n) is 4.79. The first kappa shape index (κ1) is 13.5.